The van der Waals surface area contributed by atoms with E-state index in [2.05, 4.69) is 25.0 Å². The molecule has 0 aliphatic carbocycles. The molecule has 0 saturated carbocycles. The van der Waals surface area contributed by atoms with E-state index in [9.17, 15) is 9.59 Å². The summed E-state index contributed by atoms with van der Waals surface area (Å²) >= 11 is 1.09. The van der Waals surface area contributed by atoms with Gasteiger partial charge in [0.05, 0.1) is 29.9 Å². The molecule has 0 spiro atoms. The Morgan fingerprint density at radius 3 is 2.73 bits per heavy atom. The lowest BCUT2D eigenvalue weighted by Gasteiger charge is -2.12. The fraction of sp³-hybridized carbons (Fsp3) is 0.238. The Morgan fingerprint density at radius 1 is 1.13 bits per heavy atom. The van der Waals surface area contributed by atoms with E-state index < -0.39 is 0 Å². The van der Waals surface area contributed by atoms with Gasteiger partial charge in [0.1, 0.15) is 4.88 Å². The fourth-order valence-corrected chi connectivity index (χ4v) is 3.86. The molecule has 0 unspecified atom stereocenters. The quantitative estimate of drug-likeness (QED) is 0.493. The van der Waals surface area contributed by atoms with E-state index in [1.165, 1.54) is 4.68 Å². The van der Waals surface area contributed by atoms with Crippen LogP contribution in [0.2, 0.25) is 0 Å². The predicted molar refractivity (Wildman–Crippen MR) is 114 cm³/mol. The predicted octanol–water partition coefficient (Wildman–Crippen LogP) is 2.57. The first-order valence-corrected chi connectivity index (χ1v) is 10.4. The second-order valence-corrected chi connectivity index (χ2v) is 7.55. The highest BCUT2D eigenvalue weighted by atomic mass is 32.1. The molecule has 1 N–H and O–H groups in total. The number of benzene rings is 1. The number of nitrogens with one attached hydrogen (secondary N) is 1. The molecule has 30 heavy (non-hydrogen) atoms. The van der Waals surface area contributed by atoms with Crippen LogP contribution in [0.1, 0.15) is 40.0 Å². The molecule has 152 valence electrons. The summed E-state index contributed by atoms with van der Waals surface area (Å²) in [6.45, 7) is 2.52. The number of fused-ring (bicyclic) bond motifs is 1. The van der Waals surface area contributed by atoms with Crippen molar-refractivity contribution in [1.29, 1.82) is 0 Å². The Kier molecular flexibility index (Phi) is 5.89. The number of carbonyl (C=O) groups is 1. The lowest BCUT2D eigenvalue weighted by atomic mass is 10.1. The van der Waals surface area contributed by atoms with E-state index in [0.29, 0.717) is 34.6 Å². The number of aromatic nitrogens is 5. The maximum Gasteiger partial charge on any atom is 0.274 e. The number of pyridine rings is 1. The van der Waals surface area contributed by atoms with E-state index in [-0.39, 0.29) is 18.0 Å². The molecule has 8 nitrogen and oxygen atoms in total. The minimum atomic E-state index is -0.232. The third kappa shape index (κ3) is 4.11. The number of amides is 1. The summed E-state index contributed by atoms with van der Waals surface area (Å²) < 4.78 is 5.32. The molecule has 0 bridgehead atoms. The summed E-state index contributed by atoms with van der Waals surface area (Å²) in [4.78, 5) is 30.2. The molecule has 3 aromatic heterocycles. The molecule has 4 rings (SSSR count). The Morgan fingerprint density at radius 2 is 1.97 bits per heavy atom. The molecule has 0 saturated heterocycles. The standard InChI is InChI=1S/C21H20N6O2S/c1-2-6-17-19(30-26-24-17)20(28)23-12-18-15-8-3-4-9-16(15)21(29)27(25-18)13-14-7-5-10-22-11-14/h3-5,7-11H,2,6,12-13H2,1H3,(H,23,28). The monoisotopic (exact) mass is 420 g/mol. The van der Waals surface area contributed by atoms with Crippen molar-refractivity contribution in [3.63, 3.8) is 0 Å². The van der Waals surface area contributed by atoms with E-state index in [0.717, 1.165) is 28.9 Å². The molecule has 3 heterocycles. The summed E-state index contributed by atoms with van der Waals surface area (Å²) in [6.07, 6.45) is 4.98. The van der Waals surface area contributed by atoms with Crippen molar-refractivity contribution in [2.45, 2.75) is 32.9 Å². The zero-order valence-corrected chi connectivity index (χ0v) is 17.2. The van der Waals surface area contributed by atoms with Gasteiger partial charge in [-0.1, -0.05) is 42.1 Å². The fourth-order valence-electron chi connectivity index (χ4n) is 3.23. The summed E-state index contributed by atoms with van der Waals surface area (Å²) in [5.41, 5.74) is 2.02. The maximum atomic E-state index is 12.9. The van der Waals surface area contributed by atoms with Crippen LogP contribution in [0.15, 0.2) is 53.6 Å². The summed E-state index contributed by atoms with van der Waals surface area (Å²) in [6, 6.07) is 11.0. The zero-order chi connectivity index (χ0) is 20.9. The van der Waals surface area contributed by atoms with Gasteiger partial charge in [-0.15, -0.1) is 5.10 Å². The van der Waals surface area contributed by atoms with Crippen LogP contribution in [-0.4, -0.2) is 30.3 Å². The third-order valence-electron chi connectivity index (χ3n) is 4.66. The smallest absolute Gasteiger partial charge is 0.274 e. The minimum Gasteiger partial charge on any atom is -0.345 e. The molecule has 4 aromatic rings. The Balaban J connectivity index is 1.64. The van der Waals surface area contributed by atoms with Crippen molar-refractivity contribution in [1.82, 2.24) is 29.7 Å². The number of aryl methyl sites for hydroxylation is 1. The summed E-state index contributed by atoms with van der Waals surface area (Å²) in [5.74, 6) is -0.232. The van der Waals surface area contributed by atoms with E-state index in [1.54, 1.807) is 18.5 Å². The molecule has 9 heteroatoms. The topological polar surface area (TPSA) is 103 Å². The summed E-state index contributed by atoms with van der Waals surface area (Å²) in [7, 11) is 0. The van der Waals surface area contributed by atoms with Crippen molar-refractivity contribution >= 4 is 28.2 Å². The first-order chi connectivity index (χ1) is 14.7. The zero-order valence-electron chi connectivity index (χ0n) is 16.4. The van der Waals surface area contributed by atoms with Crippen LogP contribution < -0.4 is 10.9 Å². The van der Waals surface area contributed by atoms with Gasteiger partial charge >= 0.3 is 0 Å². The first-order valence-electron chi connectivity index (χ1n) is 9.64. The van der Waals surface area contributed by atoms with Gasteiger partial charge in [0.25, 0.3) is 11.5 Å². The molecule has 1 aromatic carbocycles. The molecular formula is C21H20N6O2S. The molecule has 0 fully saturated rings. The highest BCUT2D eigenvalue weighted by molar-refractivity contribution is 7.08. The van der Waals surface area contributed by atoms with Gasteiger partial charge in [0.15, 0.2) is 0 Å². The highest BCUT2D eigenvalue weighted by Gasteiger charge is 2.17. The van der Waals surface area contributed by atoms with Gasteiger partial charge in [-0.05, 0) is 35.6 Å². The van der Waals surface area contributed by atoms with E-state index >= 15 is 0 Å². The van der Waals surface area contributed by atoms with Crippen molar-refractivity contribution in [2.75, 3.05) is 0 Å². The molecule has 0 aliphatic heterocycles. The Bertz CT molecular complexity index is 1240. The molecule has 0 radical (unpaired) electrons. The van der Waals surface area contributed by atoms with Gasteiger partial charge in [-0.3, -0.25) is 14.6 Å². The van der Waals surface area contributed by atoms with Crippen molar-refractivity contribution in [2.24, 2.45) is 0 Å². The molecule has 0 aliphatic rings. The Hall–Kier alpha value is -3.46. The average Bonchev–Trinajstić information content (AvgIpc) is 3.24. The number of hydrogen-bond acceptors (Lipinski definition) is 7. The molecule has 1 amide bonds. The van der Waals surface area contributed by atoms with Gasteiger partial charge in [-0.25, -0.2) is 4.68 Å². The lowest BCUT2D eigenvalue weighted by molar-refractivity contribution is 0.0953. The van der Waals surface area contributed by atoms with Gasteiger partial charge < -0.3 is 5.32 Å². The number of hydrogen-bond donors (Lipinski definition) is 1. The largest absolute Gasteiger partial charge is 0.345 e. The number of carbonyl (C=O) groups excluding carboxylic acids is 1. The van der Waals surface area contributed by atoms with Crippen LogP contribution in [0.25, 0.3) is 10.8 Å². The highest BCUT2D eigenvalue weighted by Crippen LogP contribution is 2.16. The first kappa shape index (κ1) is 19.8. The minimum absolute atomic E-state index is 0.179. The molecular weight excluding hydrogens is 400 g/mol. The number of nitrogens with zero attached hydrogens (tertiary/aromatic N) is 5. The van der Waals surface area contributed by atoms with Crippen molar-refractivity contribution < 1.29 is 4.79 Å². The second-order valence-electron chi connectivity index (χ2n) is 6.80. The van der Waals surface area contributed by atoms with Crippen LogP contribution >= 0.6 is 11.5 Å². The normalized spacial score (nSPS) is 11.0. The average molecular weight is 420 g/mol. The lowest BCUT2D eigenvalue weighted by Crippen LogP contribution is -2.29. The van der Waals surface area contributed by atoms with Gasteiger partial charge in [0, 0.05) is 17.8 Å². The van der Waals surface area contributed by atoms with Crippen LogP contribution in [0, 0.1) is 0 Å². The van der Waals surface area contributed by atoms with Crippen LogP contribution in [-0.2, 0) is 19.5 Å². The van der Waals surface area contributed by atoms with Crippen molar-refractivity contribution in [3.8, 4) is 0 Å². The van der Waals surface area contributed by atoms with Crippen LogP contribution in [0.3, 0.4) is 0 Å². The molecule has 0 atom stereocenters. The third-order valence-corrected chi connectivity index (χ3v) is 5.43. The van der Waals surface area contributed by atoms with Crippen molar-refractivity contribution in [3.05, 3.63) is 81.0 Å². The van der Waals surface area contributed by atoms with Crippen LogP contribution in [0.5, 0.6) is 0 Å². The van der Waals surface area contributed by atoms with E-state index in [1.807, 2.05) is 37.3 Å². The Labute approximate surface area is 176 Å². The van der Waals surface area contributed by atoms with Gasteiger partial charge in [-0.2, -0.15) is 5.10 Å². The van der Waals surface area contributed by atoms with Gasteiger partial charge in [0.2, 0.25) is 0 Å². The van der Waals surface area contributed by atoms with E-state index in [4.69, 9.17) is 0 Å². The second kappa shape index (κ2) is 8.91. The number of rotatable bonds is 7. The maximum absolute atomic E-state index is 12.9. The SMILES string of the molecule is CCCc1nnsc1C(=O)NCc1nn(Cc2cccnc2)c(=O)c2ccccc12. The summed E-state index contributed by atoms with van der Waals surface area (Å²) in [5, 5.41) is 12.8. The van der Waals surface area contributed by atoms with Crippen LogP contribution in [0.4, 0.5) is 0 Å².